The van der Waals surface area contributed by atoms with Gasteiger partial charge in [0, 0.05) is 22.4 Å². The summed E-state index contributed by atoms with van der Waals surface area (Å²) in [4.78, 5) is 0. The first-order chi connectivity index (χ1) is 8.34. The lowest BCUT2D eigenvalue weighted by Gasteiger charge is -2.35. The molecule has 0 aromatic heterocycles. The molecule has 2 aliphatic heterocycles. The smallest absolute Gasteiger partial charge is 0.0484 e. The summed E-state index contributed by atoms with van der Waals surface area (Å²) in [7, 11) is 0. The molecule has 3 aliphatic rings. The molecular weight excluding hydrogens is 242 g/mol. The summed E-state index contributed by atoms with van der Waals surface area (Å²) >= 11 is 6.27. The van der Waals surface area contributed by atoms with Crippen molar-refractivity contribution in [1.82, 2.24) is 5.32 Å². The predicted octanol–water partition coefficient (Wildman–Crippen LogP) is 4.20. The van der Waals surface area contributed by atoms with Gasteiger partial charge in [-0.2, -0.15) is 0 Å². The van der Waals surface area contributed by atoms with Gasteiger partial charge in [-0.05, 0) is 35.9 Å². The average Bonchev–Trinajstić information content (AvgIpc) is 2.96. The number of benzene rings is 2. The largest absolute Gasteiger partial charge is 0.313 e. The average molecular weight is 260 g/mol. The summed E-state index contributed by atoms with van der Waals surface area (Å²) in [5.74, 6) is 1.54. The molecule has 18 heavy (non-hydrogen) atoms. The van der Waals surface area contributed by atoms with Crippen LogP contribution in [0, 0.1) is 5.92 Å². The zero-order chi connectivity index (χ0) is 11.4. The summed E-state index contributed by atoms with van der Waals surface area (Å²) < 4.78 is 0. The number of rotatable bonds is 1. The van der Waals surface area contributed by atoms with Crippen molar-refractivity contribution in [3.8, 4) is 0 Å². The van der Waals surface area contributed by atoms with Crippen LogP contribution in [-0.4, -0.2) is 12.6 Å². The summed E-state index contributed by atoms with van der Waals surface area (Å²) in [6.45, 7) is 1.19. The minimum atomic E-state index is 0. The van der Waals surface area contributed by atoms with Crippen LogP contribution in [0.4, 0.5) is 0 Å². The zero-order valence-electron chi connectivity index (χ0n) is 9.49. The van der Waals surface area contributed by atoms with Crippen LogP contribution in [0.3, 0.4) is 0 Å². The van der Waals surface area contributed by atoms with Gasteiger partial charge in [-0.25, -0.2) is 0 Å². The molecule has 2 aromatic rings. The van der Waals surface area contributed by atoms with E-state index in [2.05, 4.69) is 41.7 Å². The number of hydrogen-bond donors (Lipinski definition) is 1. The topological polar surface area (TPSA) is 12.0 Å². The van der Waals surface area contributed by atoms with Crippen molar-refractivity contribution in [2.45, 2.75) is 25.8 Å². The third kappa shape index (κ3) is 1.51. The molecule has 0 radical (unpaired) electrons. The Labute approximate surface area is 113 Å². The van der Waals surface area contributed by atoms with Crippen LogP contribution >= 0.6 is 11.6 Å². The van der Waals surface area contributed by atoms with E-state index in [1.807, 2.05) is 0 Å². The number of halogens is 1. The van der Waals surface area contributed by atoms with Crippen LogP contribution in [0.25, 0.3) is 10.8 Å². The minimum Gasteiger partial charge on any atom is -0.313 e. The van der Waals surface area contributed by atoms with Crippen molar-refractivity contribution in [3.63, 3.8) is 0 Å². The second kappa shape index (κ2) is 4.25. The second-order valence-electron chi connectivity index (χ2n) is 5.22. The number of nitrogens with one attached hydrogen (secondary N) is 1. The molecular formula is C16H18ClN. The van der Waals surface area contributed by atoms with Crippen LogP contribution in [0.15, 0.2) is 36.4 Å². The Morgan fingerprint density at radius 2 is 1.83 bits per heavy atom. The molecule has 0 amide bonds. The van der Waals surface area contributed by atoms with E-state index in [4.69, 9.17) is 11.6 Å². The van der Waals surface area contributed by atoms with E-state index in [0.29, 0.717) is 12.0 Å². The molecule has 1 nitrogen and oxygen atoms in total. The van der Waals surface area contributed by atoms with E-state index >= 15 is 0 Å². The second-order valence-corrected chi connectivity index (χ2v) is 5.63. The zero-order valence-corrected chi connectivity index (χ0v) is 10.2. The molecule has 94 valence electrons. The quantitative estimate of drug-likeness (QED) is 0.809. The van der Waals surface area contributed by atoms with Gasteiger partial charge in [0.2, 0.25) is 0 Å². The summed E-state index contributed by atoms with van der Waals surface area (Å²) in [6.07, 6.45) is 1.35. The van der Waals surface area contributed by atoms with E-state index in [9.17, 15) is 0 Å². The van der Waals surface area contributed by atoms with Crippen molar-refractivity contribution in [3.05, 3.63) is 47.0 Å². The van der Waals surface area contributed by atoms with Gasteiger partial charge in [-0.15, -0.1) is 0 Å². The molecule has 0 spiro atoms. The molecule has 2 saturated heterocycles. The van der Waals surface area contributed by atoms with Crippen LogP contribution in [0.5, 0.6) is 0 Å². The van der Waals surface area contributed by atoms with Gasteiger partial charge < -0.3 is 5.32 Å². The molecule has 5 rings (SSSR count). The molecule has 2 aromatic carbocycles. The highest BCUT2D eigenvalue weighted by Crippen LogP contribution is 2.49. The van der Waals surface area contributed by atoms with E-state index in [1.54, 1.807) is 0 Å². The highest BCUT2D eigenvalue weighted by Gasteiger charge is 2.47. The van der Waals surface area contributed by atoms with Crippen molar-refractivity contribution in [2.24, 2.45) is 5.92 Å². The number of fused-ring (bicyclic) bond motifs is 2. The van der Waals surface area contributed by atoms with E-state index in [0.717, 1.165) is 10.9 Å². The molecule has 3 fully saturated rings. The Morgan fingerprint density at radius 3 is 2.50 bits per heavy atom. The Morgan fingerprint density at radius 1 is 1.06 bits per heavy atom. The Kier molecular flexibility index (Phi) is 2.84. The predicted molar refractivity (Wildman–Crippen MR) is 78.3 cm³/mol. The molecule has 3 unspecified atom stereocenters. The third-order valence-corrected chi connectivity index (χ3v) is 4.73. The van der Waals surface area contributed by atoms with Crippen molar-refractivity contribution in [1.29, 1.82) is 0 Å². The molecule has 1 aliphatic carbocycles. The third-order valence-electron chi connectivity index (χ3n) is 4.40. The van der Waals surface area contributed by atoms with E-state index in [-0.39, 0.29) is 7.43 Å². The summed E-state index contributed by atoms with van der Waals surface area (Å²) in [5.41, 5.74) is 1.48. The Hall–Kier alpha value is -1.05. The van der Waals surface area contributed by atoms with Crippen molar-refractivity contribution >= 4 is 22.4 Å². The monoisotopic (exact) mass is 259 g/mol. The molecule has 3 atom stereocenters. The maximum atomic E-state index is 6.27. The molecule has 2 bridgehead atoms. The standard InChI is InChI=1S/C15H14ClN.CH4/c16-13-6-5-12(10-3-1-2-4-11(10)13)15-9-7-14(15)17-8-9;/h1-6,9,14-15,17H,7-8H2;1H4. The molecule has 1 N–H and O–H groups in total. The first-order valence-corrected chi connectivity index (χ1v) is 6.63. The first-order valence-electron chi connectivity index (χ1n) is 6.25. The maximum Gasteiger partial charge on any atom is 0.0484 e. The normalized spacial score (nSPS) is 28.8. The fraction of sp³-hybridized carbons (Fsp3) is 0.375. The van der Waals surface area contributed by atoms with Crippen LogP contribution < -0.4 is 5.32 Å². The van der Waals surface area contributed by atoms with Crippen LogP contribution in [0.1, 0.15) is 25.3 Å². The van der Waals surface area contributed by atoms with Crippen LogP contribution in [-0.2, 0) is 0 Å². The maximum absolute atomic E-state index is 6.27. The molecule has 2 heterocycles. The SMILES string of the molecule is C.Clc1ccc(C2C3CNC2C3)c2ccccc12. The number of hydrogen-bond acceptors (Lipinski definition) is 1. The first kappa shape index (κ1) is 12.0. The van der Waals surface area contributed by atoms with Gasteiger partial charge in [0.25, 0.3) is 0 Å². The van der Waals surface area contributed by atoms with Gasteiger partial charge in [-0.3, -0.25) is 0 Å². The van der Waals surface area contributed by atoms with Gasteiger partial charge in [-0.1, -0.05) is 49.4 Å². The Balaban J connectivity index is 0.000001000. The van der Waals surface area contributed by atoms with Crippen molar-refractivity contribution in [2.75, 3.05) is 6.54 Å². The van der Waals surface area contributed by atoms with Gasteiger partial charge >= 0.3 is 0 Å². The lowest BCUT2D eigenvalue weighted by molar-refractivity contribution is 0.305. The molecule has 1 saturated carbocycles. The van der Waals surface area contributed by atoms with Gasteiger partial charge in [0.1, 0.15) is 0 Å². The molecule has 2 heteroatoms. The lowest BCUT2D eigenvalue weighted by Crippen LogP contribution is -2.34. The van der Waals surface area contributed by atoms with Gasteiger partial charge in [0.05, 0.1) is 0 Å². The Bertz CT molecular complexity index is 579. The van der Waals surface area contributed by atoms with Gasteiger partial charge in [0.15, 0.2) is 0 Å². The van der Waals surface area contributed by atoms with E-state index in [1.165, 1.54) is 29.3 Å². The fourth-order valence-corrected chi connectivity index (χ4v) is 3.75. The lowest BCUT2D eigenvalue weighted by atomic mass is 9.69. The fourth-order valence-electron chi connectivity index (χ4n) is 3.52. The van der Waals surface area contributed by atoms with E-state index < -0.39 is 0 Å². The highest BCUT2D eigenvalue weighted by molar-refractivity contribution is 6.35. The van der Waals surface area contributed by atoms with Crippen molar-refractivity contribution < 1.29 is 0 Å². The summed E-state index contributed by atoms with van der Waals surface area (Å²) in [5, 5.41) is 6.98. The van der Waals surface area contributed by atoms with Crippen LogP contribution in [0.2, 0.25) is 5.02 Å². The highest BCUT2D eigenvalue weighted by atomic mass is 35.5. The minimum absolute atomic E-state index is 0. The summed E-state index contributed by atoms with van der Waals surface area (Å²) in [6, 6.07) is 13.5.